The average Bonchev–Trinajstić information content (AvgIpc) is 3.26. The topological polar surface area (TPSA) is 89.9 Å². The molecular formula is C21H24N6O. The predicted molar refractivity (Wildman–Crippen MR) is 107 cm³/mol. The number of amides is 1. The van der Waals surface area contributed by atoms with Crippen LogP contribution in [-0.4, -0.2) is 43.1 Å². The van der Waals surface area contributed by atoms with E-state index in [1.54, 1.807) is 18.6 Å². The third-order valence-corrected chi connectivity index (χ3v) is 5.28. The normalized spacial score (nSPS) is 16.9. The first-order chi connectivity index (χ1) is 13.7. The maximum atomic E-state index is 13.1. The van der Waals surface area contributed by atoms with E-state index in [1.807, 2.05) is 46.1 Å². The number of hydrogen-bond donors (Lipinski definition) is 1. The third kappa shape index (κ3) is 4.03. The van der Waals surface area contributed by atoms with E-state index in [0.29, 0.717) is 5.56 Å². The Kier molecular flexibility index (Phi) is 5.32. The number of piperidine rings is 1. The Morgan fingerprint density at radius 2 is 1.89 bits per heavy atom. The van der Waals surface area contributed by atoms with Gasteiger partial charge in [-0.15, -0.1) is 0 Å². The van der Waals surface area contributed by atoms with Crippen molar-refractivity contribution in [3.05, 3.63) is 60.7 Å². The van der Waals surface area contributed by atoms with Crippen LogP contribution < -0.4 is 5.73 Å². The van der Waals surface area contributed by atoms with Crippen LogP contribution >= 0.6 is 0 Å². The number of likely N-dealkylation sites (tertiary alicyclic amines) is 1. The SMILES string of the molecule is Nc1ncc(-c2ccc(C(=O)N3CCCCC3CCn3cccn3)cc2)cn1. The summed E-state index contributed by atoms with van der Waals surface area (Å²) in [6.07, 6.45) is 11.3. The summed E-state index contributed by atoms with van der Waals surface area (Å²) >= 11 is 0. The molecule has 1 unspecified atom stereocenters. The summed E-state index contributed by atoms with van der Waals surface area (Å²) in [5.74, 6) is 0.354. The highest BCUT2D eigenvalue weighted by Gasteiger charge is 2.27. The van der Waals surface area contributed by atoms with Crippen LogP contribution in [0.4, 0.5) is 5.95 Å². The molecule has 1 saturated heterocycles. The van der Waals surface area contributed by atoms with Gasteiger partial charge in [-0.1, -0.05) is 12.1 Å². The largest absolute Gasteiger partial charge is 0.368 e. The van der Waals surface area contributed by atoms with Gasteiger partial charge in [-0.2, -0.15) is 5.10 Å². The molecule has 7 heteroatoms. The second-order valence-corrected chi connectivity index (χ2v) is 7.11. The molecule has 0 spiro atoms. The Morgan fingerprint density at radius 1 is 1.11 bits per heavy atom. The van der Waals surface area contributed by atoms with Crippen molar-refractivity contribution < 1.29 is 4.79 Å². The number of nitrogens with zero attached hydrogens (tertiary/aromatic N) is 5. The van der Waals surface area contributed by atoms with Gasteiger partial charge in [-0.3, -0.25) is 9.48 Å². The van der Waals surface area contributed by atoms with Gasteiger partial charge in [0.15, 0.2) is 0 Å². The molecule has 1 aliphatic heterocycles. The second-order valence-electron chi connectivity index (χ2n) is 7.11. The first-order valence-corrected chi connectivity index (χ1v) is 9.67. The number of benzene rings is 1. The Balaban J connectivity index is 1.46. The van der Waals surface area contributed by atoms with Gasteiger partial charge < -0.3 is 10.6 Å². The highest BCUT2D eigenvalue weighted by Crippen LogP contribution is 2.24. The fourth-order valence-electron chi connectivity index (χ4n) is 3.74. The molecule has 1 fully saturated rings. The van der Waals surface area contributed by atoms with Crippen LogP contribution in [0.2, 0.25) is 0 Å². The van der Waals surface area contributed by atoms with Crippen molar-refractivity contribution in [1.82, 2.24) is 24.6 Å². The molecule has 0 radical (unpaired) electrons. The molecule has 0 aliphatic carbocycles. The number of aromatic nitrogens is 4. The Labute approximate surface area is 164 Å². The van der Waals surface area contributed by atoms with E-state index < -0.39 is 0 Å². The Bertz CT molecular complexity index is 905. The molecule has 1 aromatic carbocycles. The summed E-state index contributed by atoms with van der Waals surface area (Å²) in [5.41, 5.74) is 8.10. The first-order valence-electron chi connectivity index (χ1n) is 9.67. The van der Waals surface area contributed by atoms with Crippen LogP contribution in [0.1, 0.15) is 36.0 Å². The molecule has 3 heterocycles. The Hall–Kier alpha value is -3.22. The predicted octanol–water partition coefficient (Wildman–Crippen LogP) is 3.01. The summed E-state index contributed by atoms with van der Waals surface area (Å²) in [5, 5.41) is 4.27. The minimum atomic E-state index is 0.102. The van der Waals surface area contributed by atoms with Crippen molar-refractivity contribution >= 4 is 11.9 Å². The zero-order valence-corrected chi connectivity index (χ0v) is 15.7. The zero-order chi connectivity index (χ0) is 19.3. The number of anilines is 1. The summed E-state index contributed by atoms with van der Waals surface area (Å²) in [4.78, 5) is 23.2. The summed E-state index contributed by atoms with van der Waals surface area (Å²) in [6.45, 7) is 1.65. The van der Waals surface area contributed by atoms with E-state index in [4.69, 9.17) is 5.73 Å². The number of carbonyl (C=O) groups excluding carboxylic acids is 1. The van der Waals surface area contributed by atoms with Crippen molar-refractivity contribution in [2.75, 3.05) is 12.3 Å². The van der Waals surface area contributed by atoms with Crippen molar-refractivity contribution in [3.63, 3.8) is 0 Å². The molecule has 7 nitrogen and oxygen atoms in total. The van der Waals surface area contributed by atoms with Crippen molar-refractivity contribution in [2.24, 2.45) is 0 Å². The van der Waals surface area contributed by atoms with E-state index in [-0.39, 0.29) is 17.9 Å². The number of nitrogen functional groups attached to an aromatic ring is 1. The van der Waals surface area contributed by atoms with Gasteiger partial charge >= 0.3 is 0 Å². The average molecular weight is 376 g/mol. The smallest absolute Gasteiger partial charge is 0.254 e. The molecule has 1 atom stereocenters. The van der Waals surface area contributed by atoms with Gasteiger partial charge in [-0.05, 0) is 49.4 Å². The minimum Gasteiger partial charge on any atom is -0.368 e. The summed E-state index contributed by atoms with van der Waals surface area (Å²) < 4.78 is 1.93. The first kappa shape index (κ1) is 18.2. The van der Waals surface area contributed by atoms with Crippen LogP contribution in [-0.2, 0) is 6.54 Å². The summed E-state index contributed by atoms with van der Waals surface area (Å²) in [6, 6.07) is 9.82. The molecule has 28 heavy (non-hydrogen) atoms. The standard InChI is InChI=1S/C21H24N6O/c22-21-23-14-18(15-24-21)16-5-7-17(8-6-16)20(28)27-12-2-1-4-19(27)9-13-26-11-3-10-25-26/h3,5-8,10-11,14-15,19H,1-2,4,9,12-13H2,(H2,22,23,24). The number of rotatable bonds is 5. The van der Waals surface area contributed by atoms with Gasteiger partial charge in [0.2, 0.25) is 5.95 Å². The lowest BCUT2D eigenvalue weighted by Gasteiger charge is -2.36. The van der Waals surface area contributed by atoms with E-state index in [1.165, 1.54) is 6.42 Å². The zero-order valence-electron chi connectivity index (χ0n) is 15.7. The van der Waals surface area contributed by atoms with E-state index in [0.717, 1.165) is 43.5 Å². The molecule has 4 rings (SSSR count). The van der Waals surface area contributed by atoms with E-state index in [2.05, 4.69) is 15.1 Å². The lowest BCUT2D eigenvalue weighted by Crippen LogP contribution is -2.44. The minimum absolute atomic E-state index is 0.102. The van der Waals surface area contributed by atoms with Crippen LogP contribution in [0.25, 0.3) is 11.1 Å². The summed E-state index contributed by atoms with van der Waals surface area (Å²) in [7, 11) is 0. The Morgan fingerprint density at radius 3 is 2.61 bits per heavy atom. The maximum absolute atomic E-state index is 13.1. The lowest BCUT2D eigenvalue weighted by atomic mass is 9.97. The number of hydrogen-bond acceptors (Lipinski definition) is 5. The van der Waals surface area contributed by atoms with Gasteiger partial charge in [0.25, 0.3) is 5.91 Å². The van der Waals surface area contributed by atoms with Crippen LogP contribution in [0, 0.1) is 0 Å². The number of aryl methyl sites for hydroxylation is 1. The molecular weight excluding hydrogens is 352 g/mol. The van der Waals surface area contributed by atoms with E-state index in [9.17, 15) is 4.79 Å². The van der Waals surface area contributed by atoms with Gasteiger partial charge in [0.1, 0.15) is 0 Å². The molecule has 3 aromatic rings. The monoisotopic (exact) mass is 376 g/mol. The number of carbonyl (C=O) groups is 1. The van der Waals surface area contributed by atoms with Crippen LogP contribution in [0.15, 0.2) is 55.1 Å². The molecule has 144 valence electrons. The quantitative estimate of drug-likeness (QED) is 0.739. The lowest BCUT2D eigenvalue weighted by molar-refractivity contribution is 0.0594. The molecule has 2 N–H and O–H groups in total. The highest BCUT2D eigenvalue weighted by molar-refractivity contribution is 5.95. The fraction of sp³-hybridized carbons (Fsp3) is 0.333. The number of nitrogens with two attached hydrogens (primary N) is 1. The maximum Gasteiger partial charge on any atom is 0.254 e. The fourth-order valence-corrected chi connectivity index (χ4v) is 3.74. The van der Waals surface area contributed by atoms with Crippen molar-refractivity contribution in [2.45, 2.75) is 38.3 Å². The van der Waals surface area contributed by atoms with Gasteiger partial charge in [0, 0.05) is 55.0 Å². The van der Waals surface area contributed by atoms with Crippen LogP contribution in [0.5, 0.6) is 0 Å². The van der Waals surface area contributed by atoms with Gasteiger partial charge in [0.05, 0.1) is 0 Å². The highest BCUT2D eigenvalue weighted by atomic mass is 16.2. The van der Waals surface area contributed by atoms with Crippen LogP contribution in [0.3, 0.4) is 0 Å². The second kappa shape index (κ2) is 8.21. The molecule has 1 amide bonds. The third-order valence-electron chi connectivity index (χ3n) is 5.28. The van der Waals surface area contributed by atoms with Crippen molar-refractivity contribution in [1.29, 1.82) is 0 Å². The van der Waals surface area contributed by atoms with E-state index >= 15 is 0 Å². The van der Waals surface area contributed by atoms with Crippen molar-refractivity contribution in [3.8, 4) is 11.1 Å². The molecule has 2 aromatic heterocycles. The molecule has 0 bridgehead atoms. The molecule has 0 saturated carbocycles. The van der Waals surface area contributed by atoms with Gasteiger partial charge in [-0.25, -0.2) is 9.97 Å². The molecule has 1 aliphatic rings.